The van der Waals surface area contributed by atoms with Crippen molar-refractivity contribution in [3.63, 3.8) is 0 Å². The van der Waals surface area contributed by atoms with Crippen LogP contribution in [-0.2, 0) is 10.8 Å². The third kappa shape index (κ3) is 4.79. The molecule has 0 saturated carbocycles. The van der Waals surface area contributed by atoms with Crippen molar-refractivity contribution >= 4 is 40.3 Å². The number of benzene rings is 3. The predicted molar refractivity (Wildman–Crippen MR) is 129 cm³/mol. The molecule has 0 amide bonds. The van der Waals surface area contributed by atoms with Gasteiger partial charge in [-0.05, 0) is 58.4 Å². The van der Waals surface area contributed by atoms with Gasteiger partial charge in [0.2, 0.25) is 0 Å². The molecule has 3 rings (SSSR count). The van der Waals surface area contributed by atoms with E-state index < -0.39 is 0 Å². The van der Waals surface area contributed by atoms with Gasteiger partial charge in [-0.3, -0.25) is 0 Å². The van der Waals surface area contributed by atoms with Crippen LogP contribution in [0.5, 0.6) is 0 Å². The van der Waals surface area contributed by atoms with Gasteiger partial charge in [-0.2, -0.15) is 0 Å². The zero-order chi connectivity index (χ0) is 22.3. The quantitative estimate of drug-likeness (QED) is 0.403. The van der Waals surface area contributed by atoms with E-state index >= 15 is 0 Å². The minimum atomic E-state index is 0.0692. The largest absolute Gasteiger partial charge is 0.309 e. The van der Waals surface area contributed by atoms with Crippen LogP contribution < -0.4 is 4.90 Å². The Morgan fingerprint density at radius 3 is 1.45 bits per heavy atom. The summed E-state index contributed by atoms with van der Waals surface area (Å²) in [7, 11) is 0. The maximum absolute atomic E-state index is 8.15. The van der Waals surface area contributed by atoms with Gasteiger partial charge in [0.15, 0.2) is 0 Å². The van der Waals surface area contributed by atoms with Crippen LogP contribution in [0.3, 0.4) is 0 Å². The summed E-state index contributed by atoms with van der Waals surface area (Å²) in [5.41, 5.74) is 5.28. The van der Waals surface area contributed by atoms with Crippen molar-refractivity contribution in [1.82, 2.24) is 0 Å². The van der Waals surface area contributed by atoms with Gasteiger partial charge in [0.25, 0.3) is 0 Å². The molecule has 1 nitrogen and oxygen atoms in total. The molecule has 3 aromatic rings. The number of hydrogen-bond donors (Lipinski definition) is 0. The average molecular weight is 427 g/mol. The average Bonchev–Trinajstić information content (AvgIpc) is 2.65. The Hall–Kier alpha value is -1.96. The zero-order valence-corrected chi connectivity index (χ0v) is 19.5. The Kier molecular flexibility index (Phi) is 5.64. The van der Waals surface area contributed by atoms with Crippen LogP contribution in [0.15, 0.2) is 66.7 Å². The van der Waals surface area contributed by atoms with E-state index in [0.717, 1.165) is 11.4 Å². The first-order valence-electron chi connectivity index (χ1n) is 10.3. The number of nitrogens with zero attached hydrogens (tertiary/aromatic N) is 1. The fourth-order valence-corrected chi connectivity index (χ4v) is 3.61. The standard InChI is InChI=1S/C26H29Cl2N/c1-25(2,3)18-10-14-20(15-11-18)29(23-9-7-8-22(27)24(23)28)21-16-12-19(13-17-21)26(4,5)6/h7-17H,1-6H3/i7D. The Labute approximate surface area is 186 Å². The van der Waals surface area contributed by atoms with E-state index in [0.29, 0.717) is 21.8 Å². The van der Waals surface area contributed by atoms with E-state index in [-0.39, 0.29) is 10.8 Å². The maximum Gasteiger partial charge on any atom is 0.0832 e. The minimum absolute atomic E-state index is 0.0692. The molecule has 29 heavy (non-hydrogen) atoms. The third-order valence-corrected chi connectivity index (χ3v) is 5.88. The van der Waals surface area contributed by atoms with Gasteiger partial charge in [0, 0.05) is 11.4 Å². The summed E-state index contributed by atoms with van der Waals surface area (Å²) in [4.78, 5) is 2.06. The predicted octanol–water partition coefficient (Wildman–Crippen LogP) is 9.06. The summed E-state index contributed by atoms with van der Waals surface area (Å²) in [6.07, 6.45) is 0. The fraction of sp³-hybridized carbons (Fsp3) is 0.308. The Morgan fingerprint density at radius 1 is 0.655 bits per heavy atom. The van der Waals surface area contributed by atoms with Crippen molar-refractivity contribution in [3.8, 4) is 0 Å². The van der Waals surface area contributed by atoms with Gasteiger partial charge in [0.1, 0.15) is 0 Å². The van der Waals surface area contributed by atoms with Crippen LogP contribution in [0.25, 0.3) is 0 Å². The summed E-state index contributed by atoms with van der Waals surface area (Å²) >= 11 is 12.9. The van der Waals surface area contributed by atoms with Crippen molar-refractivity contribution in [2.75, 3.05) is 4.90 Å². The molecule has 0 radical (unpaired) electrons. The lowest BCUT2D eigenvalue weighted by Gasteiger charge is -2.28. The summed E-state index contributed by atoms with van der Waals surface area (Å²) in [6, 6.07) is 20.6. The molecule has 0 heterocycles. The van der Waals surface area contributed by atoms with Crippen molar-refractivity contribution in [3.05, 3.63) is 87.9 Å². The lowest BCUT2D eigenvalue weighted by atomic mass is 9.86. The number of anilines is 3. The fourth-order valence-electron chi connectivity index (χ4n) is 3.25. The van der Waals surface area contributed by atoms with Crippen molar-refractivity contribution in [2.24, 2.45) is 0 Å². The molecule has 0 spiro atoms. The zero-order valence-electron chi connectivity index (χ0n) is 19.0. The van der Waals surface area contributed by atoms with E-state index in [2.05, 4.69) is 95.0 Å². The van der Waals surface area contributed by atoms with Crippen LogP contribution in [0.4, 0.5) is 17.1 Å². The van der Waals surface area contributed by atoms with Gasteiger partial charge >= 0.3 is 0 Å². The van der Waals surface area contributed by atoms with E-state index in [1.54, 1.807) is 12.1 Å². The van der Waals surface area contributed by atoms with Crippen molar-refractivity contribution < 1.29 is 1.37 Å². The first-order valence-corrected chi connectivity index (χ1v) is 10.6. The molecule has 0 N–H and O–H groups in total. The molecule has 0 aliphatic carbocycles. The molecule has 0 aliphatic heterocycles. The number of halogens is 2. The van der Waals surface area contributed by atoms with E-state index in [4.69, 9.17) is 24.6 Å². The summed E-state index contributed by atoms with van der Waals surface area (Å²) in [5.74, 6) is 0. The first kappa shape index (κ1) is 20.3. The molecule has 152 valence electrons. The molecule has 3 heteroatoms. The maximum atomic E-state index is 8.15. The molecule has 0 aliphatic rings. The van der Waals surface area contributed by atoms with Crippen molar-refractivity contribution in [2.45, 2.75) is 52.4 Å². The summed E-state index contributed by atoms with van der Waals surface area (Å²) < 4.78 is 8.15. The molecule has 0 saturated heterocycles. The Bertz CT molecular complexity index is 969. The van der Waals surface area contributed by atoms with Crippen LogP contribution in [0, 0.1) is 0 Å². The SMILES string of the molecule is [2H]c1cc(Cl)c(Cl)c(N(c2ccc(C(C)(C)C)cc2)c2ccc(C(C)(C)C)cc2)c1. The lowest BCUT2D eigenvalue weighted by Crippen LogP contribution is -2.14. The van der Waals surface area contributed by atoms with Crippen molar-refractivity contribution in [1.29, 1.82) is 0 Å². The molecule has 0 fully saturated rings. The Balaban J connectivity index is 2.17. The summed E-state index contributed by atoms with van der Waals surface area (Å²) in [6.45, 7) is 13.2. The summed E-state index contributed by atoms with van der Waals surface area (Å²) in [5, 5.41) is 0.814. The smallest absolute Gasteiger partial charge is 0.0832 e. The molecule has 0 unspecified atom stereocenters. The van der Waals surface area contributed by atoms with E-state index in [9.17, 15) is 0 Å². The minimum Gasteiger partial charge on any atom is -0.309 e. The monoisotopic (exact) mass is 426 g/mol. The number of rotatable bonds is 3. The molecule has 0 atom stereocenters. The highest BCUT2D eigenvalue weighted by Crippen LogP contribution is 2.42. The van der Waals surface area contributed by atoms with E-state index in [1.165, 1.54) is 11.1 Å². The Morgan fingerprint density at radius 2 is 1.07 bits per heavy atom. The van der Waals surface area contributed by atoms with Gasteiger partial charge in [-0.15, -0.1) is 0 Å². The van der Waals surface area contributed by atoms with Crippen LogP contribution >= 0.6 is 23.2 Å². The number of hydrogen-bond acceptors (Lipinski definition) is 1. The van der Waals surface area contributed by atoms with Crippen LogP contribution in [-0.4, -0.2) is 0 Å². The highest BCUT2D eigenvalue weighted by molar-refractivity contribution is 6.43. The molecular formula is C26H29Cl2N. The molecule has 3 aromatic carbocycles. The second kappa shape index (κ2) is 8.05. The highest BCUT2D eigenvalue weighted by atomic mass is 35.5. The first-order chi connectivity index (χ1) is 13.9. The second-order valence-corrected chi connectivity index (χ2v) is 10.2. The molecular weight excluding hydrogens is 397 g/mol. The third-order valence-electron chi connectivity index (χ3n) is 5.09. The topological polar surface area (TPSA) is 3.24 Å². The van der Waals surface area contributed by atoms with Gasteiger partial charge in [-0.25, -0.2) is 0 Å². The van der Waals surface area contributed by atoms with Crippen LogP contribution in [0.2, 0.25) is 10.0 Å². The molecule has 0 bridgehead atoms. The van der Waals surface area contributed by atoms with Gasteiger partial charge in [-0.1, -0.05) is 95.1 Å². The molecule has 0 aromatic heterocycles. The van der Waals surface area contributed by atoms with Gasteiger partial charge in [0.05, 0.1) is 17.1 Å². The lowest BCUT2D eigenvalue weighted by molar-refractivity contribution is 0.590. The highest BCUT2D eigenvalue weighted by Gasteiger charge is 2.20. The second-order valence-electron chi connectivity index (χ2n) is 9.43. The normalized spacial score (nSPS) is 12.6. The van der Waals surface area contributed by atoms with E-state index in [1.807, 2.05) is 0 Å². The van der Waals surface area contributed by atoms with Crippen LogP contribution in [0.1, 0.15) is 54.0 Å². The van der Waals surface area contributed by atoms with Gasteiger partial charge < -0.3 is 4.90 Å².